The second-order valence-electron chi connectivity index (χ2n) is 2.83. The Bertz CT molecular complexity index is 400. The first-order valence-corrected chi connectivity index (χ1v) is 3.62. The maximum absolute atomic E-state index is 4.31. The maximum atomic E-state index is 4.31. The summed E-state index contributed by atoms with van der Waals surface area (Å²) < 4.78 is 1.83. The molecule has 2 aromatic heterocycles. The van der Waals surface area contributed by atoms with E-state index in [0.29, 0.717) is 0 Å². The van der Waals surface area contributed by atoms with Gasteiger partial charge in [0.05, 0.1) is 0 Å². The Morgan fingerprint density at radius 3 is 2.58 bits per heavy atom. The van der Waals surface area contributed by atoms with Crippen LogP contribution in [0, 0.1) is 27.0 Å². The number of H-pyrrole nitrogens is 1. The van der Waals surface area contributed by atoms with Gasteiger partial charge in [0.1, 0.15) is 5.82 Å². The van der Waals surface area contributed by atoms with Crippen molar-refractivity contribution in [3.05, 3.63) is 23.1 Å². The van der Waals surface area contributed by atoms with Gasteiger partial charge in [-0.05, 0) is 6.92 Å². The van der Waals surface area contributed by atoms with Crippen molar-refractivity contribution in [2.45, 2.75) is 20.8 Å². The van der Waals surface area contributed by atoms with Gasteiger partial charge in [0, 0.05) is 38.4 Å². The van der Waals surface area contributed by atoms with Gasteiger partial charge >= 0.3 is 0 Å². The van der Waals surface area contributed by atoms with Crippen LogP contribution in [0.15, 0.2) is 0 Å². The Morgan fingerprint density at radius 1 is 1.33 bits per heavy atom. The van der Waals surface area contributed by atoms with Crippen LogP contribution in [0.25, 0.3) is 5.65 Å². The van der Waals surface area contributed by atoms with Crippen LogP contribution in [0.5, 0.6) is 0 Å². The molecular weight excluding hydrogens is 227 g/mol. The molecule has 0 aliphatic heterocycles. The van der Waals surface area contributed by atoms with Crippen LogP contribution < -0.4 is 0 Å². The maximum Gasteiger partial charge on any atom is 0.103 e. The molecule has 1 N–H and O–H groups in total. The predicted octanol–water partition coefficient (Wildman–Crippen LogP) is 1.39. The standard InChI is InChI=1S/C8H10N3.Y/c1-5-4-11-8(6(5)2)9-7(3)10-11;/h1-3H3,(H,9,10);/q-1;. The molecule has 0 bridgehead atoms. The molecule has 1 radical (unpaired) electrons. The van der Waals surface area contributed by atoms with E-state index in [-0.39, 0.29) is 32.7 Å². The van der Waals surface area contributed by atoms with Gasteiger partial charge in [-0.2, -0.15) is 11.1 Å². The first-order valence-electron chi connectivity index (χ1n) is 3.62. The van der Waals surface area contributed by atoms with Crippen molar-refractivity contribution in [2.75, 3.05) is 0 Å². The molecule has 0 saturated heterocycles. The molecule has 0 aromatic carbocycles. The topological polar surface area (TPSA) is 33.1 Å². The van der Waals surface area contributed by atoms with Gasteiger partial charge in [0.25, 0.3) is 0 Å². The van der Waals surface area contributed by atoms with Gasteiger partial charge in [-0.3, -0.25) is 4.98 Å². The first-order chi connectivity index (χ1) is 5.18. The van der Waals surface area contributed by atoms with E-state index < -0.39 is 0 Å². The fraction of sp³-hybridized carbons (Fsp3) is 0.375. The van der Waals surface area contributed by atoms with Gasteiger partial charge in [-0.15, -0.1) is 0 Å². The van der Waals surface area contributed by atoms with E-state index >= 15 is 0 Å². The van der Waals surface area contributed by atoms with Crippen LogP contribution in [0.2, 0.25) is 0 Å². The summed E-state index contributed by atoms with van der Waals surface area (Å²) >= 11 is 0. The second kappa shape index (κ2) is 3.31. The third-order valence-electron chi connectivity index (χ3n) is 1.94. The minimum Gasteiger partial charge on any atom is -0.363 e. The molecule has 0 saturated carbocycles. The number of hydrogen-bond donors (Lipinski definition) is 1. The number of fused-ring (bicyclic) bond motifs is 1. The summed E-state index contributed by atoms with van der Waals surface area (Å²) in [6, 6.07) is 0. The van der Waals surface area contributed by atoms with E-state index in [2.05, 4.69) is 23.2 Å². The Labute approximate surface area is 96.4 Å². The molecule has 0 aliphatic rings. The summed E-state index contributed by atoms with van der Waals surface area (Å²) in [5, 5.41) is 3.07. The van der Waals surface area contributed by atoms with E-state index in [1.807, 2.05) is 18.4 Å². The molecule has 0 unspecified atom stereocenters. The summed E-state index contributed by atoms with van der Waals surface area (Å²) in [6.45, 7) is 6.03. The van der Waals surface area contributed by atoms with Crippen LogP contribution >= 0.6 is 0 Å². The summed E-state index contributed by atoms with van der Waals surface area (Å²) in [7, 11) is 0. The van der Waals surface area contributed by atoms with Crippen LogP contribution in [-0.4, -0.2) is 14.6 Å². The fourth-order valence-electron chi connectivity index (χ4n) is 1.20. The molecule has 0 atom stereocenters. The molecule has 0 fully saturated rings. The van der Waals surface area contributed by atoms with E-state index in [4.69, 9.17) is 0 Å². The number of rotatable bonds is 0. The third-order valence-corrected chi connectivity index (χ3v) is 1.94. The van der Waals surface area contributed by atoms with Crippen molar-refractivity contribution in [2.24, 2.45) is 0 Å². The Balaban J connectivity index is 0.000000720. The minimum atomic E-state index is 0. The van der Waals surface area contributed by atoms with Crippen LogP contribution in [0.1, 0.15) is 17.0 Å². The zero-order valence-electron chi connectivity index (χ0n) is 7.47. The Morgan fingerprint density at radius 2 is 2.00 bits per heavy atom. The predicted molar refractivity (Wildman–Crippen MR) is 42.6 cm³/mol. The molecule has 0 aliphatic carbocycles. The molecular formula is C8H10N3Y-. The van der Waals surface area contributed by atoms with Crippen LogP contribution in [-0.2, 0) is 32.7 Å². The number of aromatic amines is 1. The molecule has 12 heavy (non-hydrogen) atoms. The van der Waals surface area contributed by atoms with Gasteiger partial charge in [0.15, 0.2) is 0 Å². The fourth-order valence-corrected chi connectivity index (χ4v) is 1.20. The van der Waals surface area contributed by atoms with E-state index in [1.54, 1.807) is 0 Å². The van der Waals surface area contributed by atoms with Crippen molar-refractivity contribution in [1.29, 1.82) is 0 Å². The number of nitrogens with one attached hydrogen (secondary N) is 1. The van der Waals surface area contributed by atoms with Gasteiger partial charge in [0.2, 0.25) is 0 Å². The average molecular weight is 237 g/mol. The molecule has 4 heteroatoms. The number of hydrogen-bond acceptors (Lipinski definition) is 1. The van der Waals surface area contributed by atoms with Crippen LogP contribution in [0.4, 0.5) is 0 Å². The molecule has 2 rings (SSSR count). The van der Waals surface area contributed by atoms with Crippen LogP contribution in [0.3, 0.4) is 0 Å². The smallest absolute Gasteiger partial charge is 0.103 e. The first kappa shape index (κ1) is 9.94. The average Bonchev–Trinajstić information content (AvgIpc) is 2.37. The Kier molecular flexibility index (Phi) is 2.74. The van der Waals surface area contributed by atoms with E-state index in [0.717, 1.165) is 17.0 Å². The Hall–Kier alpha value is -0.146. The quantitative estimate of drug-likeness (QED) is 0.690. The zero-order valence-corrected chi connectivity index (χ0v) is 10.3. The van der Waals surface area contributed by atoms with Gasteiger partial charge in [-0.25, -0.2) is 0 Å². The molecule has 61 valence electrons. The molecule has 2 heterocycles. The molecule has 2 aromatic rings. The van der Waals surface area contributed by atoms with E-state index in [1.165, 1.54) is 5.56 Å². The van der Waals surface area contributed by atoms with Crippen molar-refractivity contribution < 1.29 is 32.7 Å². The van der Waals surface area contributed by atoms with E-state index in [9.17, 15) is 0 Å². The summed E-state index contributed by atoms with van der Waals surface area (Å²) in [5.41, 5.74) is 3.35. The molecule has 0 amide bonds. The van der Waals surface area contributed by atoms with Crippen molar-refractivity contribution in [1.82, 2.24) is 14.6 Å². The number of aryl methyl sites for hydroxylation is 3. The second-order valence-corrected chi connectivity index (χ2v) is 2.83. The monoisotopic (exact) mass is 237 g/mol. The molecule has 0 spiro atoms. The van der Waals surface area contributed by atoms with Crippen molar-refractivity contribution in [3.63, 3.8) is 0 Å². The van der Waals surface area contributed by atoms with Crippen molar-refractivity contribution in [3.8, 4) is 0 Å². The number of aromatic nitrogens is 3. The zero-order chi connectivity index (χ0) is 8.01. The van der Waals surface area contributed by atoms with Crippen molar-refractivity contribution >= 4 is 5.65 Å². The van der Waals surface area contributed by atoms with Gasteiger partial charge in [-0.1, -0.05) is 20.0 Å². The largest absolute Gasteiger partial charge is 0.363 e. The summed E-state index contributed by atoms with van der Waals surface area (Å²) in [5.74, 6) is 0.930. The normalized spacial score (nSPS) is 10.2. The number of nitrogens with zero attached hydrogens (tertiary/aromatic N) is 2. The SMILES string of the molecule is Cc1nc2c(C)c(C)[c-]n2[nH]1.[Y]. The third kappa shape index (κ3) is 1.36. The minimum absolute atomic E-state index is 0. The summed E-state index contributed by atoms with van der Waals surface area (Å²) in [6.07, 6.45) is 3.15. The summed E-state index contributed by atoms with van der Waals surface area (Å²) in [4.78, 5) is 4.31. The molecule has 3 nitrogen and oxygen atoms in total. The van der Waals surface area contributed by atoms with Gasteiger partial charge < -0.3 is 9.61 Å².